The lowest BCUT2D eigenvalue weighted by Gasteiger charge is -2.38. The number of hydrogen-bond donors (Lipinski definition) is 2. The monoisotopic (exact) mass is 431 g/mol. The molecule has 30 heavy (non-hydrogen) atoms. The van der Waals surface area contributed by atoms with Gasteiger partial charge in [0, 0.05) is 25.7 Å². The number of thiocarbonyl (C=S) groups is 1. The van der Waals surface area contributed by atoms with Crippen molar-refractivity contribution in [3.63, 3.8) is 0 Å². The van der Waals surface area contributed by atoms with Gasteiger partial charge in [-0.05, 0) is 73.4 Å². The first-order chi connectivity index (χ1) is 14.4. The fraction of sp³-hybridized carbons (Fsp3) is 0.435. The van der Waals surface area contributed by atoms with E-state index < -0.39 is 0 Å². The van der Waals surface area contributed by atoms with Crippen molar-refractivity contribution in [3.8, 4) is 11.5 Å². The first-order valence-electron chi connectivity index (χ1n) is 10.2. The molecular weight excluding hydrogens is 401 g/mol. The molecule has 0 bridgehead atoms. The molecule has 0 saturated heterocycles. The van der Waals surface area contributed by atoms with Crippen LogP contribution in [0.3, 0.4) is 0 Å². The number of methoxy groups -OCH3 is 2. The Morgan fingerprint density at radius 2 is 1.83 bits per heavy atom. The number of benzene rings is 2. The summed E-state index contributed by atoms with van der Waals surface area (Å²) >= 11 is 5.44. The molecule has 0 radical (unpaired) electrons. The van der Waals surface area contributed by atoms with E-state index in [-0.39, 0.29) is 17.9 Å². The summed E-state index contributed by atoms with van der Waals surface area (Å²) < 4.78 is 24.4. The molecule has 0 spiro atoms. The second kappa shape index (κ2) is 10.1. The smallest absolute Gasteiger partial charge is 0.166 e. The third-order valence-electron chi connectivity index (χ3n) is 5.29. The van der Waals surface area contributed by atoms with Gasteiger partial charge in [0.2, 0.25) is 0 Å². The Morgan fingerprint density at radius 1 is 1.17 bits per heavy atom. The lowest BCUT2D eigenvalue weighted by molar-refractivity contribution is 0.176. The van der Waals surface area contributed by atoms with Gasteiger partial charge >= 0.3 is 0 Å². The number of rotatable bonds is 7. The van der Waals surface area contributed by atoms with Crippen molar-refractivity contribution >= 4 is 17.3 Å². The van der Waals surface area contributed by atoms with Crippen molar-refractivity contribution < 1.29 is 13.9 Å². The second-order valence-corrected chi connectivity index (χ2v) is 8.19. The third-order valence-corrected chi connectivity index (χ3v) is 5.55. The Hall–Kier alpha value is -2.38. The summed E-state index contributed by atoms with van der Waals surface area (Å²) in [5, 5.41) is 7.23. The zero-order valence-electron chi connectivity index (χ0n) is 18.0. The average molecular weight is 432 g/mol. The highest BCUT2D eigenvalue weighted by atomic mass is 32.1. The SMILES string of the molecule is COc1cc2c(cc1OC)C(CNC(=S)NC(C)C)N(Cc1ccc(F)cc1)CC2. The lowest BCUT2D eigenvalue weighted by atomic mass is 9.91. The molecule has 2 aromatic rings. The molecule has 1 heterocycles. The molecule has 1 aliphatic rings. The van der Waals surface area contributed by atoms with E-state index in [1.54, 1.807) is 14.2 Å². The molecule has 1 aliphatic heterocycles. The van der Waals surface area contributed by atoms with Crippen molar-refractivity contribution in [1.29, 1.82) is 0 Å². The topological polar surface area (TPSA) is 45.8 Å². The highest BCUT2D eigenvalue weighted by Crippen LogP contribution is 2.38. The molecule has 3 rings (SSSR count). The Morgan fingerprint density at radius 3 is 2.47 bits per heavy atom. The van der Waals surface area contributed by atoms with Gasteiger partial charge in [0.1, 0.15) is 5.82 Å². The number of fused-ring (bicyclic) bond motifs is 1. The fourth-order valence-electron chi connectivity index (χ4n) is 3.84. The van der Waals surface area contributed by atoms with Gasteiger partial charge in [0.15, 0.2) is 16.6 Å². The number of nitrogens with zero attached hydrogens (tertiary/aromatic N) is 1. The van der Waals surface area contributed by atoms with Crippen LogP contribution in [0.4, 0.5) is 4.39 Å². The van der Waals surface area contributed by atoms with Crippen LogP contribution in [-0.4, -0.2) is 43.4 Å². The first kappa shape index (κ1) is 22.3. The van der Waals surface area contributed by atoms with Crippen molar-refractivity contribution in [2.75, 3.05) is 27.3 Å². The van der Waals surface area contributed by atoms with E-state index >= 15 is 0 Å². The molecule has 1 unspecified atom stereocenters. The molecule has 0 aromatic heterocycles. The molecule has 7 heteroatoms. The Bertz CT molecular complexity index is 873. The average Bonchev–Trinajstić information content (AvgIpc) is 2.72. The van der Waals surface area contributed by atoms with Crippen LogP contribution in [0, 0.1) is 5.82 Å². The van der Waals surface area contributed by atoms with Gasteiger partial charge in [-0.2, -0.15) is 0 Å². The van der Waals surface area contributed by atoms with Crippen LogP contribution < -0.4 is 20.1 Å². The second-order valence-electron chi connectivity index (χ2n) is 7.78. The van der Waals surface area contributed by atoms with E-state index in [1.807, 2.05) is 12.1 Å². The van der Waals surface area contributed by atoms with Crippen LogP contribution in [0.5, 0.6) is 11.5 Å². The third kappa shape index (κ3) is 5.40. The quantitative estimate of drug-likeness (QED) is 0.650. The van der Waals surface area contributed by atoms with E-state index in [2.05, 4.69) is 41.5 Å². The minimum absolute atomic E-state index is 0.0884. The number of ether oxygens (including phenoxy) is 2. The summed E-state index contributed by atoms with van der Waals surface area (Å²) in [6, 6.07) is 11.2. The van der Waals surface area contributed by atoms with Crippen LogP contribution >= 0.6 is 12.2 Å². The number of halogens is 1. The van der Waals surface area contributed by atoms with Crippen LogP contribution in [-0.2, 0) is 13.0 Å². The van der Waals surface area contributed by atoms with Crippen molar-refractivity contribution in [2.24, 2.45) is 0 Å². The summed E-state index contributed by atoms with van der Waals surface area (Å²) in [6.45, 7) is 6.38. The predicted molar refractivity (Wildman–Crippen MR) is 122 cm³/mol. The van der Waals surface area contributed by atoms with Gasteiger partial charge in [-0.25, -0.2) is 4.39 Å². The summed E-state index contributed by atoms with van der Waals surface area (Å²) in [6.07, 6.45) is 0.905. The highest BCUT2D eigenvalue weighted by Gasteiger charge is 2.29. The van der Waals surface area contributed by atoms with Gasteiger partial charge < -0.3 is 20.1 Å². The van der Waals surface area contributed by atoms with Crippen LogP contribution in [0.25, 0.3) is 0 Å². The molecule has 1 atom stereocenters. The zero-order valence-corrected chi connectivity index (χ0v) is 18.8. The number of nitrogens with one attached hydrogen (secondary N) is 2. The van der Waals surface area contributed by atoms with Gasteiger partial charge in [0.25, 0.3) is 0 Å². The normalized spacial score (nSPS) is 16.1. The molecule has 0 saturated carbocycles. The van der Waals surface area contributed by atoms with Crippen molar-refractivity contribution in [2.45, 2.75) is 38.9 Å². The first-order valence-corrected chi connectivity index (χ1v) is 10.6. The molecule has 5 nitrogen and oxygen atoms in total. The van der Waals surface area contributed by atoms with Crippen molar-refractivity contribution in [3.05, 3.63) is 58.9 Å². The minimum atomic E-state index is -0.220. The zero-order chi connectivity index (χ0) is 21.7. The van der Waals surface area contributed by atoms with Crippen LogP contribution in [0.1, 0.15) is 36.6 Å². The van der Waals surface area contributed by atoms with E-state index in [9.17, 15) is 4.39 Å². The molecule has 0 aliphatic carbocycles. The van der Waals surface area contributed by atoms with Gasteiger partial charge in [-0.15, -0.1) is 0 Å². The molecule has 162 valence electrons. The lowest BCUT2D eigenvalue weighted by Crippen LogP contribution is -2.45. The van der Waals surface area contributed by atoms with Gasteiger partial charge in [0.05, 0.1) is 20.3 Å². The molecule has 2 aromatic carbocycles. The highest BCUT2D eigenvalue weighted by molar-refractivity contribution is 7.80. The summed E-state index contributed by atoms with van der Waals surface area (Å²) in [5.74, 6) is 1.24. The minimum Gasteiger partial charge on any atom is -0.493 e. The summed E-state index contributed by atoms with van der Waals surface area (Å²) in [5.41, 5.74) is 3.52. The van der Waals surface area contributed by atoms with Gasteiger partial charge in [-0.1, -0.05) is 12.1 Å². The predicted octanol–water partition coefficient (Wildman–Crippen LogP) is 3.81. The van der Waals surface area contributed by atoms with Crippen molar-refractivity contribution in [1.82, 2.24) is 15.5 Å². The number of hydrogen-bond acceptors (Lipinski definition) is 4. The summed E-state index contributed by atoms with van der Waals surface area (Å²) in [7, 11) is 3.31. The molecule has 0 fully saturated rings. The molecule has 0 amide bonds. The Labute approximate surface area is 183 Å². The largest absolute Gasteiger partial charge is 0.493 e. The maximum atomic E-state index is 13.3. The maximum Gasteiger partial charge on any atom is 0.166 e. The van der Waals surface area contributed by atoms with Gasteiger partial charge in [-0.3, -0.25) is 4.90 Å². The summed E-state index contributed by atoms with van der Waals surface area (Å²) in [4.78, 5) is 2.40. The van der Waals surface area contributed by atoms with E-state index in [0.717, 1.165) is 30.8 Å². The molecule has 2 N–H and O–H groups in total. The Balaban J connectivity index is 1.88. The Kier molecular flexibility index (Phi) is 7.50. The maximum absolute atomic E-state index is 13.3. The fourth-order valence-corrected chi connectivity index (χ4v) is 4.15. The van der Waals surface area contributed by atoms with E-state index in [4.69, 9.17) is 21.7 Å². The van der Waals surface area contributed by atoms with E-state index in [1.165, 1.54) is 23.3 Å². The van der Waals surface area contributed by atoms with Crippen LogP contribution in [0.15, 0.2) is 36.4 Å². The van der Waals surface area contributed by atoms with Crippen LogP contribution in [0.2, 0.25) is 0 Å². The standard InChI is InChI=1S/C23H30FN3O2S/c1-15(2)26-23(30)25-13-20-19-12-22(29-4)21(28-3)11-17(19)9-10-27(20)14-16-5-7-18(24)8-6-16/h5-8,11-12,15,20H,9-10,13-14H2,1-4H3,(H2,25,26,30). The molecular formula is C23H30FN3O2S. The van der Waals surface area contributed by atoms with E-state index in [0.29, 0.717) is 17.4 Å².